The molecule has 0 spiro atoms. The molecule has 0 amide bonds. The maximum Gasteiger partial charge on any atom is 0.243 e. The van der Waals surface area contributed by atoms with Crippen LogP contribution in [0, 0.1) is 0 Å². The normalized spacial score (nSPS) is 15.2. The highest BCUT2D eigenvalue weighted by Gasteiger charge is 2.29. The van der Waals surface area contributed by atoms with E-state index in [0.29, 0.717) is 31.7 Å². The van der Waals surface area contributed by atoms with Gasteiger partial charge < -0.3 is 14.6 Å². The molecule has 1 N–H and O–H groups in total. The Morgan fingerprint density at radius 1 is 0.906 bits per heavy atom. The molecule has 8 heteroatoms. The van der Waals surface area contributed by atoms with Crippen molar-refractivity contribution in [2.24, 2.45) is 0 Å². The fourth-order valence-electron chi connectivity index (χ4n) is 4.01. The van der Waals surface area contributed by atoms with Crippen molar-refractivity contribution in [2.75, 3.05) is 38.2 Å². The first-order chi connectivity index (χ1) is 15.5. The highest BCUT2D eigenvalue weighted by atomic mass is 32.2. The number of fused-ring (bicyclic) bond motifs is 1. The Morgan fingerprint density at radius 3 is 2.31 bits per heavy atom. The predicted octanol–water partition coefficient (Wildman–Crippen LogP) is 3.75. The lowest BCUT2D eigenvalue weighted by molar-refractivity contribution is 0.384. The second-order valence-electron chi connectivity index (χ2n) is 7.72. The molecule has 0 aliphatic carbocycles. The van der Waals surface area contributed by atoms with Crippen molar-refractivity contribution in [3.63, 3.8) is 0 Å². The van der Waals surface area contributed by atoms with Gasteiger partial charge in [0, 0.05) is 37.4 Å². The smallest absolute Gasteiger partial charge is 0.243 e. The largest absolute Gasteiger partial charge is 0.497 e. The average molecular weight is 449 g/mol. The first-order valence-electron chi connectivity index (χ1n) is 10.5. The summed E-state index contributed by atoms with van der Waals surface area (Å²) < 4.78 is 33.4. The van der Waals surface area contributed by atoms with Crippen LogP contribution < -0.4 is 9.64 Å². The van der Waals surface area contributed by atoms with Crippen molar-refractivity contribution in [1.29, 1.82) is 0 Å². The SMILES string of the molecule is COc1ccc(N2CCN(S(=O)(=O)c3ccc4nc(-c5ccccc5)[nH]c4c3)CC2)cc1. The van der Waals surface area contributed by atoms with Crippen molar-refractivity contribution < 1.29 is 13.2 Å². The van der Waals surface area contributed by atoms with Gasteiger partial charge in [-0.15, -0.1) is 0 Å². The zero-order valence-electron chi connectivity index (χ0n) is 17.7. The average Bonchev–Trinajstić information content (AvgIpc) is 3.28. The molecular weight excluding hydrogens is 424 g/mol. The molecule has 1 aliphatic rings. The number of hydrogen-bond donors (Lipinski definition) is 1. The highest BCUT2D eigenvalue weighted by molar-refractivity contribution is 7.89. The molecule has 32 heavy (non-hydrogen) atoms. The van der Waals surface area contributed by atoms with E-state index in [1.165, 1.54) is 0 Å². The number of nitrogens with zero attached hydrogens (tertiary/aromatic N) is 3. The minimum Gasteiger partial charge on any atom is -0.497 e. The van der Waals surface area contributed by atoms with E-state index in [9.17, 15) is 8.42 Å². The number of aromatic amines is 1. The van der Waals surface area contributed by atoms with Crippen LogP contribution in [0.15, 0.2) is 77.7 Å². The number of ether oxygens (including phenoxy) is 1. The van der Waals surface area contributed by atoms with Crippen molar-refractivity contribution >= 4 is 26.7 Å². The van der Waals surface area contributed by atoms with E-state index in [1.54, 1.807) is 29.6 Å². The first-order valence-corrected chi connectivity index (χ1v) is 11.9. The molecule has 1 aromatic heterocycles. The number of imidazole rings is 1. The Morgan fingerprint density at radius 2 is 1.62 bits per heavy atom. The van der Waals surface area contributed by atoms with E-state index in [-0.39, 0.29) is 4.90 Å². The van der Waals surface area contributed by atoms with Gasteiger partial charge in [0.15, 0.2) is 0 Å². The molecule has 0 radical (unpaired) electrons. The lowest BCUT2D eigenvalue weighted by Crippen LogP contribution is -2.48. The number of aromatic nitrogens is 2. The summed E-state index contributed by atoms with van der Waals surface area (Å²) in [4.78, 5) is 10.3. The molecule has 3 aromatic carbocycles. The van der Waals surface area contributed by atoms with Gasteiger partial charge in [-0.1, -0.05) is 30.3 Å². The fraction of sp³-hybridized carbons (Fsp3) is 0.208. The molecule has 2 heterocycles. The second-order valence-corrected chi connectivity index (χ2v) is 9.66. The summed E-state index contributed by atoms with van der Waals surface area (Å²) in [5.41, 5.74) is 3.48. The monoisotopic (exact) mass is 448 g/mol. The number of nitrogens with one attached hydrogen (secondary N) is 1. The molecule has 0 atom stereocenters. The second kappa shape index (κ2) is 8.29. The van der Waals surface area contributed by atoms with Crippen molar-refractivity contribution in [3.05, 3.63) is 72.8 Å². The number of methoxy groups -OCH3 is 1. The summed E-state index contributed by atoms with van der Waals surface area (Å²) in [6.07, 6.45) is 0. The van der Waals surface area contributed by atoms with Crippen molar-refractivity contribution in [1.82, 2.24) is 14.3 Å². The molecule has 5 rings (SSSR count). The molecule has 0 unspecified atom stereocenters. The zero-order valence-corrected chi connectivity index (χ0v) is 18.5. The summed E-state index contributed by atoms with van der Waals surface area (Å²) >= 11 is 0. The quantitative estimate of drug-likeness (QED) is 0.503. The lowest BCUT2D eigenvalue weighted by Gasteiger charge is -2.35. The van der Waals surface area contributed by atoms with Crippen LogP contribution in [0.1, 0.15) is 0 Å². The molecule has 7 nitrogen and oxygen atoms in total. The zero-order chi connectivity index (χ0) is 22.1. The molecule has 4 aromatic rings. The third-order valence-corrected chi connectivity index (χ3v) is 7.71. The number of hydrogen-bond acceptors (Lipinski definition) is 5. The first kappa shape index (κ1) is 20.5. The number of sulfonamides is 1. The van der Waals surface area contributed by atoms with Crippen LogP contribution in [0.2, 0.25) is 0 Å². The minimum atomic E-state index is -3.59. The molecule has 0 saturated carbocycles. The van der Waals surface area contributed by atoms with E-state index in [2.05, 4.69) is 14.9 Å². The van der Waals surface area contributed by atoms with Crippen LogP contribution in [0.5, 0.6) is 5.75 Å². The summed E-state index contributed by atoms with van der Waals surface area (Å²) in [5.74, 6) is 1.53. The fourth-order valence-corrected chi connectivity index (χ4v) is 5.46. The Bertz CT molecular complexity index is 1330. The van der Waals surface area contributed by atoms with Gasteiger partial charge in [-0.25, -0.2) is 13.4 Å². The van der Waals surface area contributed by atoms with E-state index in [1.807, 2.05) is 54.6 Å². The summed E-state index contributed by atoms with van der Waals surface area (Å²) in [6, 6.07) is 22.7. The molecule has 1 saturated heterocycles. The molecular formula is C24H24N4O3S. The van der Waals surface area contributed by atoms with Crippen molar-refractivity contribution in [2.45, 2.75) is 4.90 Å². The van der Waals surface area contributed by atoms with Crippen LogP contribution in [0.4, 0.5) is 5.69 Å². The van der Waals surface area contributed by atoms with Gasteiger partial charge in [0.1, 0.15) is 11.6 Å². The Hall–Kier alpha value is -3.36. The topological polar surface area (TPSA) is 78.5 Å². The molecule has 1 fully saturated rings. The third-order valence-electron chi connectivity index (χ3n) is 5.81. The van der Waals surface area contributed by atoms with Crippen LogP contribution in [0.25, 0.3) is 22.4 Å². The van der Waals surface area contributed by atoms with Gasteiger partial charge in [0.25, 0.3) is 0 Å². The van der Waals surface area contributed by atoms with Gasteiger partial charge in [0.2, 0.25) is 10.0 Å². The van der Waals surface area contributed by atoms with Crippen LogP contribution in [0.3, 0.4) is 0 Å². The maximum absolute atomic E-state index is 13.3. The Kier molecular flexibility index (Phi) is 5.32. The van der Waals surface area contributed by atoms with Gasteiger partial charge in [-0.2, -0.15) is 4.31 Å². The van der Waals surface area contributed by atoms with E-state index >= 15 is 0 Å². The van der Waals surface area contributed by atoms with E-state index in [0.717, 1.165) is 28.3 Å². The van der Waals surface area contributed by atoms with Crippen LogP contribution in [-0.4, -0.2) is 56.0 Å². The number of rotatable bonds is 5. The van der Waals surface area contributed by atoms with Gasteiger partial charge >= 0.3 is 0 Å². The van der Waals surface area contributed by atoms with Crippen LogP contribution in [-0.2, 0) is 10.0 Å². The molecule has 1 aliphatic heterocycles. The van der Waals surface area contributed by atoms with Crippen molar-refractivity contribution in [3.8, 4) is 17.1 Å². The number of H-pyrrole nitrogens is 1. The summed E-state index contributed by atoms with van der Waals surface area (Å²) in [5, 5.41) is 0. The number of piperazine rings is 1. The third kappa shape index (κ3) is 3.83. The van der Waals surface area contributed by atoms with E-state index in [4.69, 9.17) is 4.74 Å². The summed E-state index contributed by atoms with van der Waals surface area (Å²) in [7, 11) is -1.95. The Balaban J connectivity index is 1.34. The van der Waals surface area contributed by atoms with Gasteiger partial charge in [-0.05, 0) is 42.5 Å². The van der Waals surface area contributed by atoms with Crippen LogP contribution >= 0.6 is 0 Å². The Labute approximate surface area is 187 Å². The van der Waals surface area contributed by atoms with E-state index < -0.39 is 10.0 Å². The minimum absolute atomic E-state index is 0.283. The lowest BCUT2D eigenvalue weighted by atomic mass is 10.2. The highest BCUT2D eigenvalue weighted by Crippen LogP contribution is 2.26. The standard InChI is InChI=1S/C24H24N4O3S/c1-31-20-9-7-19(8-10-20)27-13-15-28(16-14-27)32(29,30)21-11-12-22-23(17-21)26-24(25-22)18-5-3-2-4-6-18/h2-12,17H,13-16H2,1H3,(H,25,26). The predicted molar refractivity (Wildman–Crippen MR) is 125 cm³/mol. The van der Waals surface area contributed by atoms with Gasteiger partial charge in [-0.3, -0.25) is 0 Å². The van der Waals surface area contributed by atoms with Gasteiger partial charge in [0.05, 0.1) is 23.0 Å². The molecule has 0 bridgehead atoms. The number of benzene rings is 3. The number of anilines is 1. The molecule has 164 valence electrons. The maximum atomic E-state index is 13.3. The summed E-state index contributed by atoms with van der Waals surface area (Å²) in [6.45, 7) is 2.14.